The van der Waals surface area contributed by atoms with Gasteiger partial charge >= 0.3 is 0 Å². The molecule has 3 aromatic rings. The van der Waals surface area contributed by atoms with Crippen molar-refractivity contribution in [1.29, 1.82) is 0 Å². The summed E-state index contributed by atoms with van der Waals surface area (Å²) in [5.41, 5.74) is 2.40. The number of amides is 1. The van der Waals surface area contributed by atoms with Crippen molar-refractivity contribution in [2.45, 2.75) is 11.8 Å². The van der Waals surface area contributed by atoms with Crippen molar-refractivity contribution in [2.75, 3.05) is 11.6 Å². The molecule has 5 nitrogen and oxygen atoms in total. The second-order valence-electron chi connectivity index (χ2n) is 5.50. The number of hydrogen-bond donors (Lipinski definition) is 2. The zero-order chi connectivity index (χ0) is 17.8. The molecule has 0 aliphatic heterocycles. The third-order valence-electron chi connectivity index (χ3n) is 3.62. The van der Waals surface area contributed by atoms with Gasteiger partial charge in [-0.3, -0.25) is 9.59 Å². The Hall–Kier alpha value is -2.86. The highest BCUT2D eigenvalue weighted by atomic mass is 32.2. The van der Waals surface area contributed by atoms with Gasteiger partial charge in [-0.2, -0.15) is 0 Å². The van der Waals surface area contributed by atoms with Crippen LogP contribution in [0.5, 0.6) is 0 Å². The standard InChI is InChI=1S/C19H17N3O2S/c1-12-10-17(23)22-18(20-12)14-4-3-5-15(11-14)21-19(24)13-6-8-16(25-2)9-7-13/h3-11H,1-2H3,(H,21,24)(H,20,22,23). The summed E-state index contributed by atoms with van der Waals surface area (Å²) in [6, 6.07) is 16.1. The molecule has 0 atom stereocenters. The van der Waals surface area contributed by atoms with Crippen LogP contribution in [0.4, 0.5) is 5.69 Å². The Kier molecular flexibility index (Phi) is 5.00. The van der Waals surface area contributed by atoms with E-state index in [9.17, 15) is 9.59 Å². The fourth-order valence-electron chi connectivity index (χ4n) is 2.41. The molecule has 6 heteroatoms. The number of rotatable bonds is 4. The minimum Gasteiger partial charge on any atom is -0.322 e. The van der Waals surface area contributed by atoms with E-state index in [1.807, 2.05) is 30.5 Å². The summed E-state index contributed by atoms with van der Waals surface area (Å²) in [6.07, 6.45) is 1.99. The number of aryl methyl sites for hydroxylation is 1. The van der Waals surface area contributed by atoms with Crippen LogP contribution in [0.1, 0.15) is 16.1 Å². The zero-order valence-electron chi connectivity index (χ0n) is 13.9. The molecule has 126 valence electrons. The molecule has 0 aliphatic carbocycles. The monoisotopic (exact) mass is 351 g/mol. The number of carbonyl (C=O) groups excluding carboxylic acids is 1. The molecule has 0 unspecified atom stereocenters. The smallest absolute Gasteiger partial charge is 0.255 e. The van der Waals surface area contributed by atoms with E-state index in [0.29, 0.717) is 22.8 Å². The number of aromatic nitrogens is 2. The molecule has 0 fully saturated rings. The van der Waals surface area contributed by atoms with Gasteiger partial charge in [-0.05, 0) is 49.6 Å². The van der Waals surface area contributed by atoms with Gasteiger partial charge in [0.25, 0.3) is 11.5 Å². The van der Waals surface area contributed by atoms with E-state index in [4.69, 9.17) is 0 Å². The van der Waals surface area contributed by atoms with Crippen LogP contribution in [0, 0.1) is 6.92 Å². The Balaban J connectivity index is 1.83. The van der Waals surface area contributed by atoms with Gasteiger partial charge in [-0.1, -0.05) is 12.1 Å². The molecule has 0 saturated carbocycles. The summed E-state index contributed by atoms with van der Waals surface area (Å²) in [5.74, 6) is 0.293. The van der Waals surface area contributed by atoms with E-state index in [0.717, 1.165) is 10.5 Å². The fraction of sp³-hybridized carbons (Fsp3) is 0.105. The van der Waals surface area contributed by atoms with Crippen LogP contribution >= 0.6 is 11.8 Å². The van der Waals surface area contributed by atoms with Gasteiger partial charge in [0.05, 0.1) is 0 Å². The lowest BCUT2D eigenvalue weighted by atomic mass is 10.1. The first kappa shape index (κ1) is 17.0. The number of hydrogen-bond acceptors (Lipinski definition) is 4. The minimum atomic E-state index is -0.203. The van der Waals surface area contributed by atoms with Gasteiger partial charge in [0.1, 0.15) is 5.82 Å². The van der Waals surface area contributed by atoms with Crippen LogP contribution in [0.15, 0.2) is 64.3 Å². The summed E-state index contributed by atoms with van der Waals surface area (Å²) < 4.78 is 0. The molecule has 0 aliphatic rings. The van der Waals surface area contributed by atoms with Crippen LogP contribution in [-0.4, -0.2) is 22.1 Å². The molecule has 3 rings (SSSR count). The Morgan fingerprint density at radius 3 is 2.56 bits per heavy atom. The number of aromatic amines is 1. The lowest BCUT2D eigenvalue weighted by Crippen LogP contribution is -2.12. The molecular weight excluding hydrogens is 334 g/mol. The van der Waals surface area contributed by atoms with E-state index in [2.05, 4.69) is 15.3 Å². The number of nitrogens with zero attached hydrogens (tertiary/aromatic N) is 1. The van der Waals surface area contributed by atoms with E-state index in [1.54, 1.807) is 43.0 Å². The predicted octanol–water partition coefficient (Wildman–Crippen LogP) is 3.72. The first-order valence-corrected chi connectivity index (χ1v) is 8.91. The average molecular weight is 351 g/mol. The maximum absolute atomic E-state index is 12.4. The van der Waals surface area contributed by atoms with Crippen LogP contribution in [-0.2, 0) is 0 Å². The Labute approximate surface area is 149 Å². The van der Waals surface area contributed by atoms with Crippen LogP contribution in [0.2, 0.25) is 0 Å². The van der Waals surface area contributed by atoms with Gasteiger partial charge in [0.2, 0.25) is 0 Å². The summed E-state index contributed by atoms with van der Waals surface area (Å²) in [5, 5.41) is 2.87. The predicted molar refractivity (Wildman–Crippen MR) is 101 cm³/mol. The minimum absolute atomic E-state index is 0.185. The average Bonchev–Trinajstić information content (AvgIpc) is 2.61. The summed E-state index contributed by atoms with van der Waals surface area (Å²) in [4.78, 5) is 32.1. The summed E-state index contributed by atoms with van der Waals surface area (Å²) >= 11 is 1.63. The van der Waals surface area contributed by atoms with E-state index in [-0.39, 0.29) is 11.5 Å². The Morgan fingerprint density at radius 2 is 1.88 bits per heavy atom. The Morgan fingerprint density at radius 1 is 1.12 bits per heavy atom. The first-order chi connectivity index (χ1) is 12.0. The van der Waals surface area contributed by atoms with Crippen molar-refractivity contribution in [3.63, 3.8) is 0 Å². The highest BCUT2D eigenvalue weighted by Crippen LogP contribution is 2.20. The lowest BCUT2D eigenvalue weighted by Gasteiger charge is -2.08. The molecule has 2 N–H and O–H groups in total. The van der Waals surface area contributed by atoms with Crippen molar-refractivity contribution in [1.82, 2.24) is 9.97 Å². The molecular formula is C19H17N3O2S. The van der Waals surface area contributed by atoms with Crippen LogP contribution < -0.4 is 10.9 Å². The second-order valence-corrected chi connectivity index (χ2v) is 6.38. The van der Waals surface area contributed by atoms with Crippen molar-refractivity contribution in [3.05, 3.63) is 76.2 Å². The zero-order valence-corrected chi connectivity index (χ0v) is 14.7. The molecule has 25 heavy (non-hydrogen) atoms. The van der Waals surface area contributed by atoms with Gasteiger partial charge in [0.15, 0.2) is 0 Å². The molecule has 0 saturated heterocycles. The number of H-pyrrole nitrogens is 1. The van der Waals surface area contributed by atoms with Crippen LogP contribution in [0.25, 0.3) is 11.4 Å². The van der Waals surface area contributed by atoms with E-state index in [1.165, 1.54) is 6.07 Å². The highest BCUT2D eigenvalue weighted by Gasteiger charge is 2.08. The van der Waals surface area contributed by atoms with Gasteiger partial charge in [0, 0.05) is 33.5 Å². The number of anilines is 1. The molecule has 0 spiro atoms. The molecule has 1 amide bonds. The Bertz CT molecular complexity index is 965. The summed E-state index contributed by atoms with van der Waals surface area (Å²) in [7, 11) is 0. The number of benzene rings is 2. The van der Waals surface area contributed by atoms with Gasteiger partial charge in [-0.15, -0.1) is 11.8 Å². The maximum atomic E-state index is 12.4. The first-order valence-electron chi connectivity index (χ1n) is 7.69. The third-order valence-corrected chi connectivity index (χ3v) is 4.36. The van der Waals surface area contributed by atoms with E-state index >= 15 is 0 Å². The third kappa shape index (κ3) is 4.16. The fourth-order valence-corrected chi connectivity index (χ4v) is 2.81. The number of thioether (sulfide) groups is 1. The topological polar surface area (TPSA) is 74.8 Å². The van der Waals surface area contributed by atoms with Crippen molar-refractivity contribution in [3.8, 4) is 11.4 Å². The van der Waals surface area contributed by atoms with Crippen molar-refractivity contribution in [2.24, 2.45) is 0 Å². The van der Waals surface area contributed by atoms with Gasteiger partial charge < -0.3 is 10.3 Å². The SMILES string of the molecule is CSc1ccc(C(=O)Nc2cccc(-c3nc(C)cc(=O)[nH]3)c2)cc1. The normalized spacial score (nSPS) is 10.5. The second kappa shape index (κ2) is 7.36. The van der Waals surface area contributed by atoms with Gasteiger partial charge in [-0.25, -0.2) is 4.98 Å². The largest absolute Gasteiger partial charge is 0.322 e. The molecule has 0 bridgehead atoms. The van der Waals surface area contributed by atoms with Crippen LogP contribution in [0.3, 0.4) is 0 Å². The van der Waals surface area contributed by atoms with Crippen molar-refractivity contribution >= 4 is 23.4 Å². The lowest BCUT2D eigenvalue weighted by molar-refractivity contribution is 0.102. The number of nitrogens with one attached hydrogen (secondary N) is 2. The molecule has 1 heterocycles. The molecule has 0 radical (unpaired) electrons. The maximum Gasteiger partial charge on any atom is 0.255 e. The molecule has 1 aromatic heterocycles. The quantitative estimate of drug-likeness (QED) is 0.703. The van der Waals surface area contributed by atoms with E-state index < -0.39 is 0 Å². The summed E-state index contributed by atoms with van der Waals surface area (Å²) in [6.45, 7) is 1.77. The van der Waals surface area contributed by atoms with Crippen molar-refractivity contribution < 1.29 is 4.79 Å². The highest BCUT2D eigenvalue weighted by molar-refractivity contribution is 7.98. The molecule has 2 aromatic carbocycles. The number of carbonyl (C=O) groups is 1.